The Bertz CT molecular complexity index is 1170. The van der Waals surface area contributed by atoms with Gasteiger partial charge in [-0.1, -0.05) is 42.5 Å². The molecule has 2 aromatic carbocycles. The summed E-state index contributed by atoms with van der Waals surface area (Å²) in [6.07, 6.45) is 1.69. The van der Waals surface area contributed by atoms with Gasteiger partial charge in [0, 0.05) is 50.5 Å². The molecule has 0 aliphatic carbocycles. The zero-order chi connectivity index (χ0) is 20.5. The van der Waals surface area contributed by atoms with Gasteiger partial charge in [-0.3, -0.25) is 4.79 Å². The number of hydrogen-bond acceptors (Lipinski definition) is 3. The van der Waals surface area contributed by atoms with Gasteiger partial charge in [-0.25, -0.2) is 0 Å². The highest BCUT2D eigenvalue weighted by atomic mass is 16.3. The number of carbonyl (C=O) groups is 1. The Kier molecular flexibility index (Phi) is 4.79. The summed E-state index contributed by atoms with van der Waals surface area (Å²) in [5.41, 5.74) is 6.06. The van der Waals surface area contributed by atoms with Crippen LogP contribution >= 0.6 is 0 Å². The lowest BCUT2D eigenvalue weighted by Gasteiger charge is -2.36. The Morgan fingerprint density at radius 2 is 1.67 bits per heavy atom. The van der Waals surface area contributed by atoms with Crippen LogP contribution in [0.5, 0.6) is 0 Å². The van der Waals surface area contributed by atoms with Gasteiger partial charge in [-0.05, 0) is 30.2 Å². The molecule has 0 saturated carbocycles. The third-order valence-corrected chi connectivity index (χ3v) is 6.02. The topological polar surface area (TPSA) is 41.6 Å². The number of aromatic nitrogens is 1. The van der Waals surface area contributed by atoms with E-state index >= 15 is 0 Å². The van der Waals surface area contributed by atoms with Gasteiger partial charge >= 0.3 is 0 Å². The molecule has 1 fully saturated rings. The quantitative estimate of drug-likeness (QED) is 0.505. The molecular weight excluding hydrogens is 374 g/mol. The van der Waals surface area contributed by atoms with Gasteiger partial charge in [0.2, 0.25) is 0 Å². The predicted molar refractivity (Wildman–Crippen MR) is 119 cm³/mol. The van der Waals surface area contributed by atoms with Crippen molar-refractivity contribution in [2.45, 2.75) is 13.5 Å². The van der Waals surface area contributed by atoms with Crippen LogP contribution in [0.15, 0.2) is 77.4 Å². The van der Waals surface area contributed by atoms with E-state index in [4.69, 9.17) is 4.42 Å². The summed E-state index contributed by atoms with van der Waals surface area (Å²) in [5.74, 6) is 0.0719. The van der Waals surface area contributed by atoms with Crippen molar-refractivity contribution in [3.63, 3.8) is 0 Å². The van der Waals surface area contributed by atoms with E-state index in [1.54, 1.807) is 6.26 Å². The predicted octanol–water partition coefficient (Wildman–Crippen LogP) is 4.55. The minimum Gasteiger partial charge on any atom is -0.463 e. The van der Waals surface area contributed by atoms with Crippen molar-refractivity contribution >= 4 is 22.7 Å². The van der Waals surface area contributed by atoms with E-state index in [1.807, 2.05) is 35.2 Å². The Hall–Kier alpha value is -3.47. The Morgan fingerprint density at radius 3 is 2.43 bits per heavy atom. The number of rotatable bonds is 4. The summed E-state index contributed by atoms with van der Waals surface area (Å²) < 4.78 is 7.71. The molecule has 2 aromatic heterocycles. The molecule has 5 rings (SSSR count). The summed E-state index contributed by atoms with van der Waals surface area (Å²) in [6, 6.07) is 22.5. The number of benzene rings is 2. The normalized spacial score (nSPS) is 14.4. The number of para-hydroxylation sites is 1. The zero-order valence-electron chi connectivity index (χ0n) is 17.1. The lowest BCUT2D eigenvalue weighted by atomic mass is 10.1. The molecule has 3 heterocycles. The Morgan fingerprint density at radius 1 is 0.933 bits per heavy atom. The first kappa shape index (κ1) is 18.6. The molecule has 0 N–H and O–H groups in total. The van der Waals surface area contributed by atoms with E-state index < -0.39 is 0 Å². The molecule has 5 nitrogen and oxygen atoms in total. The van der Waals surface area contributed by atoms with Crippen LogP contribution in [0.4, 0.5) is 5.69 Å². The van der Waals surface area contributed by atoms with Crippen LogP contribution in [-0.4, -0.2) is 41.6 Å². The van der Waals surface area contributed by atoms with Gasteiger partial charge in [0.05, 0.1) is 11.8 Å². The van der Waals surface area contributed by atoms with Crippen molar-refractivity contribution in [1.82, 2.24) is 9.47 Å². The number of aryl methyl sites for hydroxylation is 1. The monoisotopic (exact) mass is 399 g/mol. The molecular formula is C25H25N3O2. The summed E-state index contributed by atoms with van der Waals surface area (Å²) in [5, 5.41) is 0. The van der Waals surface area contributed by atoms with Gasteiger partial charge < -0.3 is 18.8 Å². The minimum absolute atomic E-state index is 0.0719. The molecule has 0 unspecified atom stereocenters. The second kappa shape index (κ2) is 7.75. The van der Waals surface area contributed by atoms with Gasteiger partial charge in [0.1, 0.15) is 5.69 Å². The summed E-state index contributed by atoms with van der Waals surface area (Å²) in [6.45, 7) is 5.86. The average Bonchev–Trinajstić information content (AvgIpc) is 3.38. The van der Waals surface area contributed by atoms with Crippen molar-refractivity contribution < 1.29 is 9.21 Å². The minimum atomic E-state index is 0.0719. The molecule has 0 spiro atoms. The van der Waals surface area contributed by atoms with Crippen LogP contribution in [0.3, 0.4) is 0 Å². The third-order valence-electron chi connectivity index (χ3n) is 6.02. The summed E-state index contributed by atoms with van der Waals surface area (Å²) in [4.78, 5) is 17.7. The highest BCUT2D eigenvalue weighted by Gasteiger charge is 2.26. The number of fused-ring (bicyclic) bond motifs is 1. The molecule has 5 heteroatoms. The molecule has 0 atom stereocenters. The van der Waals surface area contributed by atoms with E-state index in [9.17, 15) is 4.79 Å². The zero-order valence-corrected chi connectivity index (χ0v) is 17.1. The second-order valence-corrected chi connectivity index (χ2v) is 7.83. The van der Waals surface area contributed by atoms with E-state index in [-0.39, 0.29) is 5.91 Å². The maximum Gasteiger partial charge on any atom is 0.270 e. The fraction of sp³-hybridized carbons (Fsp3) is 0.240. The van der Waals surface area contributed by atoms with E-state index in [0.717, 1.165) is 24.2 Å². The van der Waals surface area contributed by atoms with Crippen LogP contribution in [0.2, 0.25) is 0 Å². The highest BCUT2D eigenvalue weighted by molar-refractivity contribution is 5.97. The van der Waals surface area contributed by atoms with E-state index in [1.165, 1.54) is 16.8 Å². The number of carbonyl (C=O) groups excluding carboxylic acids is 1. The Balaban J connectivity index is 1.39. The number of anilines is 1. The van der Waals surface area contributed by atoms with Crippen LogP contribution in [0, 0.1) is 6.92 Å². The summed E-state index contributed by atoms with van der Waals surface area (Å²) in [7, 11) is 0. The number of piperazine rings is 1. The molecule has 0 radical (unpaired) electrons. The number of furan rings is 1. The average molecular weight is 399 g/mol. The van der Waals surface area contributed by atoms with Crippen molar-refractivity contribution in [1.29, 1.82) is 0 Å². The molecule has 0 bridgehead atoms. The molecule has 152 valence electrons. The lowest BCUT2D eigenvalue weighted by Crippen LogP contribution is -2.49. The van der Waals surface area contributed by atoms with Crippen molar-refractivity contribution in [3.8, 4) is 0 Å². The van der Waals surface area contributed by atoms with Crippen molar-refractivity contribution in [3.05, 3.63) is 89.8 Å². The van der Waals surface area contributed by atoms with Gasteiger partial charge in [0.25, 0.3) is 5.91 Å². The molecule has 30 heavy (non-hydrogen) atoms. The van der Waals surface area contributed by atoms with Crippen molar-refractivity contribution in [2.24, 2.45) is 0 Å². The van der Waals surface area contributed by atoms with Crippen LogP contribution in [0.1, 0.15) is 21.6 Å². The first-order valence-electron chi connectivity index (χ1n) is 10.4. The Labute approximate surface area is 176 Å². The first-order valence-corrected chi connectivity index (χ1v) is 10.4. The molecule has 1 saturated heterocycles. The second-order valence-electron chi connectivity index (χ2n) is 7.83. The third kappa shape index (κ3) is 3.36. The SMILES string of the molecule is Cc1ccccc1Cn1c(C(=O)N2CCN(c3ccccc3)CC2)cc2occc21. The van der Waals surface area contributed by atoms with E-state index in [0.29, 0.717) is 25.3 Å². The van der Waals surface area contributed by atoms with Crippen LogP contribution < -0.4 is 4.90 Å². The van der Waals surface area contributed by atoms with Gasteiger partial charge in [0.15, 0.2) is 5.58 Å². The molecule has 1 aliphatic heterocycles. The largest absolute Gasteiger partial charge is 0.463 e. The van der Waals surface area contributed by atoms with Crippen molar-refractivity contribution in [2.75, 3.05) is 31.1 Å². The van der Waals surface area contributed by atoms with Gasteiger partial charge in [-0.2, -0.15) is 0 Å². The molecule has 4 aromatic rings. The first-order chi connectivity index (χ1) is 14.7. The fourth-order valence-electron chi connectivity index (χ4n) is 4.25. The highest BCUT2D eigenvalue weighted by Crippen LogP contribution is 2.25. The standard InChI is InChI=1S/C25H25N3O2/c1-19-7-5-6-8-20(19)18-28-22-11-16-30-24(22)17-23(28)25(29)27-14-12-26(13-15-27)21-9-3-2-4-10-21/h2-11,16-17H,12-15,18H2,1H3. The van der Waals surface area contributed by atoms with E-state index in [2.05, 4.69) is 52.8 Å². The summed E-state index contributed by atoms with van der Waals surface area (Å²) >= 11 is 0. The van der Waals surface area contributed by atoms with Gasteiger partial charge in [-0.15, -0.1) is 0 Å². The van der Waals surface area contributed by atoms with Crippen LogP contribution in [0.25, 0.3) is 11.1 Å². The maximum absolute atomic E-state index is 13.5. The number of hydrogen-bond donors (Lipinski definition) is 0. The number of amides is 1. The smallest absolute Gasteiger partial charge is 0.270 e. The van der Waals surface area contributed by atoms with Crippen LogP contribution in [-0.2, 0) is 6.54 Å². The molecule has 1 aliphatic rings. The lowest BCUT2D eigenvalue weighted by molar-refractivity contribution is 0.0737. The fourth-order valence-corrected chi connectivity index (χ4v) is 4.25. The maximum atomic E-state index is 13.5. The molecule has 1 amide bonds. The number of nitrogens with zero attached hydrogens (tertiary/aromatic N) is 3.